The van der Waals surface area contributed by atoms with E-state index in [0.29, 0.717) is 13.0 Å². The molecular formula is C16H22O4. The number of aliphatic hydroxyl groups excluding tert-OH is 1. The summed E-state index contributed by atoms with van der Waals surface area (Å²) in [4.78, 5) is 12.0. The first-order chi connectivity index (χ1) is 9.45. The number of carbonyl (C=O) groups excluding carboxylic acids is 1. The number of benzene rings is 1. The Morgan fingerprint density at radius 3 is 2.50 bits per heavy atom. The van der Waals surface area contributed by atoms with Crippen LogP contribution in [-0.4, -0.2) is 24.0 Å². The molecule has 1 aromatic carbocycles. The van der Waals surface area contributed by atoms with Gasteiger partial charge in [0.1, 0.15) is 0 Å². The SMILES string of the molecule is CCOC(=O)C(C)(C)c1ccc([C@@H]2CCC(O)O2)cc1. The molecule has 1 aliphatic heterocycles. The molecule has 1 N–H and O–H groups in total. The van der Waals surface area contributed by atoms with Gasteiger partial charge in [-0.25, -0.2) is 0 Å². The normalized spacial score (nSPS) is 22.8. The molecule has 0 spiro atoms. The van der Waals surface area contributed by atoms with Crippen LogP contribution in [0.5, 0.6) is 0 Å². The summed E-state index contributed by atoms with van der Waals surface area (Å²) in [6.07, 6.45) is 0.781. The summed E-state index contributed by atoms with van der Waals surface area (Å²) in [7, 11) is 0. The van der Waals surface area contributed by atoms with E-state index in [9.17, 15) is 9.90 Å². The smallest absolute Gasteiger partial charge is 0.315 e. The van der Waals surface area contributed by atoms with Gasteiger partial charge in [-0.1, -0.05) is 24.3 Å². The third-order valence-corrected chi connectivity index (χ3v) is 3.79. The highest BCUT2D eigenvalue weighted by Crippen LogP contribution is 2.33. The van der Waals surface area contributed by atoms with Crippen molar-refractivity contribution in [3.63, 3.8) is 0 Å². The Labute approximate surface area is 119 Å². The van der Waals surface area contributed by atoms with Crippen molar-refractivity contribution in [2.75, 3.05) is 6.61 Å². The Morgan fingerprint density at radius 2 is 2.00 bits per heavy atom. The van der Waals surface area contributed by atoms with Gasteiger partial charge in [0, 0.05) is 6.42 Å². The van der Waals surface area contributed by atoms with Gasteiger partial charge in [0.15, 0.2) is 6.29 Å². The van der Waals surface area contributed by atoms with E-state index in [1.807, 2.05) is 38.1 Å². The van der Waals surface area contributed by atoms with Crippen LogP contribution in [0.3, 0.4) is 0 Å². The van der Waals surface area contributed by atoms with Gasteiger partial charge < -0.3 is 14.6 Å². The highest BCUT2D eigenvalue weighted by Gasteiger charge is 2.32. The average molecular weight is 278 g/mol. The van der Waals surface area contributed by atoms with Crippen LogP contribution in [0.25, 0.3) is 0 Å². The fourth-order valence-electron chi connectivity index (χ4n) is 2.41. The second-order valence-corrected chi connectivity index (χ2v) is 5.62. The number of hydrogen-bond acceptors (Lipinski definition) is 4. The Hall–Kier alpha value is -1.39. The van der Waals surface area contributed by atoms with Gasteiger partial charge in [0.2, 0.25) is 0 Å². The second-order valence-electron chi connectivity index (χ2n) is 5.62. The maximum absolute atomic E-state index is 12.0. The maximum Gasteiger partial charge on any atom is 0.315 e. The van der Waals surface area contributed by atoms with Gasteiger partial charge >= 0.3 is 5.97 Å². The Kier molecular flexibility index (Phi) is 4.45. The van der Waals surface area contributed by atoms with Gasteiger partial charge in [0.05, 0.1) is 18.1 Å². The zero-order chi connectivity index (χ0) is 14.8. The molecule has 1 unspecified atom stereocenters. The minimum absolute atomic E-state index is 0.0512. The summed E-state index contributed by atoms with van der Waals surface area (Å²) >= 11 is 0. The fraction of sp³-hybridized carbons (Fsp3) is 0.562. The molecule has 0 amide bonds. The van der Waals surface area contributed by atoms with Crippen molar-refractivity contribution in [3.05, 3.63) is 35.4 Å². The molecule has 1 aromatic rings. The predicted molar refractivity (Wildman–Crippen MR) is 75.2 cm³/mol. The molecule has 0 aromatic heterocycles. The summed E-state index contributed by atoms with van der Waals surface area (Å²) < 4.78 is 10.5. The first-order valence-electron chi connectivity index (χ1n) is 7.06. The molecule has 0 bridgehead atoms. The van der Waals surface area contributed by atoms with E-state index in [0.717, 1.165) is 17.5 Å². The van der Waals surface area contributed by atoms with Crippen molar-refractivity contribution in [1.82, 2.24) is 0 Å². The molecule has 2 rings (SSSR count). The molecule has 1 aliphatic rings. The second kappa shape index (κ2) is 5.94. The largest absolute Gasteiger partial charge is 0.465 e. The number of carbonyl (C=O) groups is 1. The summed E-state index contributed by atoms with van der Waals surface area (Å²) in [5.74, 6) is -0.222. The lowest BCUT2D eigenvalue weighted by atomic mass is 9.84. The lowest BCUT2D eigenvalue weighted by molar-refractivity contribution is -0.148. The first-order valence-corrected chi connectivity index (χ1v) is 7.06. The van der Waals surface area contributed by atoms with Crippen LogP contribution in [0.15, 0.2) is 24.3 Å². The molecule has 0 radical (unpaired) electrons. The Balaban J connectivity index is 2.13. The highest BCUT2D eigenvalue weighted by atomic mass is 16.6. The first kappa shape index (κ1) is 15.0. The third kappa shape index (κ3) is 3.02. The zero-order valence-electron chi connectivity index (χ0n) is 12.3. The molecule has 1 saturated heterocycles. The van der Waals surface area contributed by atoms with E-state index in [-0.39, 0.29) is 12.1 Å². The number of rotatable bonds is 4. The van der Waals surface area contributed by atoms with Crippen molar-refractivity contribution in [1.29, 1.82) is 0 Å². The molecule has 0 saturated carbocycles. The zero-order valence-corrected chi connectivity index (χ0v) is 12.3. The van der Waals surface area contributed by atoms with Gasteiger partial charge in [-0.3, -0.25) is 4.79 Å². The summed E-state index contributed by atoms with van der Waals surface area (Å²) in [6.45, 7) is 5.90. The minimum Gasteiger partial charge on any atom is -0.465 e. The molecule has 1 fully saturated rings. The predicted octanol–water partition coefficient (Wildman–Crippen LogP) is 2.70. The fourth-order valence-corrected chi connectivity index (χ4v) is 2.41. The van der Waals surface area contributed by atoms with Crippen molar-refractivity contribution in [2.24, 2.45) is 0 Å². The van der Waals surface area contributed by atoms with Gasteiger partial charge in [0.25, 0.3) is 0 Å². The van der Waals surface area contributed by atoms with E-state index in [2.05, 4.69) is 0 Å². The lowest BCUT2D eigenvalue weighted by Crippen LogP contribution is -2.31. The van der Waals surface area contributed by atoms with Crippen molar-refractivity contribution >= 4 is 5.97 Å². The number of aliphatic hydroxyl groups is 1. The third-order valence-electron chi connectivity index (χ3n) is 3.79. The van der Waals surface area contributed by atoms with Crippen LogP contribution in [0.4, 0.5) is 0 Å². The molecule has 4 nitrogen and oxygen atoms in total. The van der Waals surface area contributed by atoms with E-state index < -0.39 is 11.7 Å². The lowest BCUT2D eigenvalue weighted by Gasteiger charge is -2.23. The molecule has 1 heterocycles. The maximum atomic E-state index is 12.0. The summed E-state index contributed by atoms with van der Waals surface area (Å²) in [5.41, 5.74) is 1.29. The molecule has 4 heteroatoms. The Morgan fingerprint density at radius 1 is 1.35 bits per heavy atom. The van der Waals surface area contributed by atoms with E-state index in [1.54, 1.807) is 6.92 Å². The van der Waals surface area contributed by atoms with Crippen LogP contribution in [-0.2, 0) is 19.7 Å². The molecular weight excluding hydrogens is 256 g/mol. The van der Waals surface area contributed by atoms with Crippen LogP contribution in [0.1, 0.15) is 50.8 Å². The van der Waals surface area contributed by atoms with Crippen LogP contribution in [0, 0.1) is 0 Å². The number of ether oxygens (including phenoxy) is 2. The quantitative estimate of drug-likeness (QED) is 0.860. The van der Waals surface area contributed by atoms with Crippen LogP contribution < -0.4 is 0 Å². The van der Waals surface area contributed by atoms with Gasteiger partial charge in [-0.2, -0.15) is 0 Å². The summed E-state index contributed by atoms with van der Waals surface area (Å²) in [5, 5.41) is 9.39. The molecule has 20 heavy (non-hydrogen) atoms. The standard InChI is InChI=1S/C16H22O4/c1-4-19-15(18)16(2,3)12-7-5-11(6-8-12)13-9-10-14(17)20-13/h5-8,13-14,17H,4,9-10H2,1-3H3/t13-,14?/m0/s1. The topological polar surface area (TPSA) is 55.8 Å². The van der Waals surface area contributed by atoms with E-state index >= 15 is 0 Å². The van der Waals surface area contributed by atoms with Crippen molar-refractivity contribution in [3.8, 4) is 0 Å². The Bertz CT molecular complexity index is 464. The number of esters is 1. The average Bonchev–Trinajstić information content (AvgIpc) is 2.86. The van der Waals surface area contributed by atoms with Crippen molar-refractivity contribution < 1.29 is 19.4 Å². The molecule has 110 valence electrons. The number of hydrogen-bond donors (Lipinski definition) is 1. The highest BCUT2D eigenvalue weighted by molar-refractivity contribution is 5.82. The van der Waals surface area contributed by atoms with E-state index in [1.165, 1.54) is 0 Å². The van der Waals surface area contributed by atoms with Crippen molar-refractivity contribution in [2.45, 2.75) is 51.4 Å². The monoisotopic (exact) mass is 278 g/mol. The molecule has 0 aliphatic carbocycles. The van der Waals surface area contributed by atoms with Crippen LogP contribution in [0.2, 0.25) is 0 Å². The van der Waals surface area contributed by atoms with E-state index in [4.69, 9.17) is 9.47 Å². The van der Waals surface area contributed by atoms with Gasteiger partial charge in [-0.05, 0) is 38.3 Å². The summed E-state index contributed by atoms with van der Waals surface area (Å²) in [6, 6.07) is 7.78. The molecule has 2 atom stereocenters. The van der Waals surface area contributed by atoms with Gasteiger partial charge in [-0.15, -0.1) is 0 Å². The minimum atomic E-state index is -0.662. The van der Waals surface area contributed by atoms with Crippen LogP contribution >= 0.6 is 0 Å².